The fourth-order valence-corrected chi connectivity index (χ4v) is 0.943. The Morgan fingerprint density at radius 2 is 1.67 bits per heavy atom. The Bertz CT molecular complexity index is 216. The fourth-order valence-electron chi connectivity index (χ4n) is 0.943. The van der Waals surface area contributed by atoms with Gasteiger partial charge in [0, 0.05) is 137 Å². The number of aliphatic hydroxyl groups is 3. The van der Waals surface area contributed by atoms with Crippen LogP contribution in [0.3, 0.4) is 0 Å². The van der Waals surface area contributed by atoms with Crippen molar-refractivity contribution < 1.29 is 152 Å². The topological polar surface area (TPSA) is 119 Å². The summed E-state index contributed by atoms with van der Waals surface area (Å²) in [4.78, 5) is 2.42. The molecule has 0 aromatic carbocycles. The molecule has 10 heteroatoms. The van der Waals surface area contributed by atoms with Crippen LogP contribution < -0.4 is 0 Å². The van der Waals surface area contributed by atoms with Crippen LogP contribution in [0.15, 0.2) is 5.11 Å². The molecule has 1 heterocycles. The van der Waals surface area contributed by atoms with Gasteiger partial charge in [-0.1, -0.05) is 5.11 Å². The number of rotatable bonds is 1. The fraction of sp³-hybridized carbons (Fsp3) is 1.00. The number of nitrogens with zero attached hydrogens (tertiary/aromatic N) is 3. The maximum absolute atomic E-state index is 9.14. The Morgan fingerprint density at radius 3 is 2.13 bits per heavy atom. The third kappa shape index (κ3) is 7.59. The van der Waals surface area contributed by atoms with E-state index in [1.54, 1.807) is 0 Å². The minimum absolute atomic E-state index is 0. The molecule has 4 unspecified atom stereocenters. The largest absolute Gasteiger partial charge is 0.388 e. The molecule has 1 rings (SSSR count). The van der Waals surface area contributed by atoms with Crippen molar-refractivity contribution in [2.45, 2.75) is 24.5 Å². The van der Waals surface area contributed by atoms with Crippen LogP contribution >= 0.6 is 0 Å². The summed E-state index contributed by atoms with van der Waals surface area (Å²) < 4.78 is 4.73. The molecule has 7 nitrogen and oxygen atoms in total. The zero-order valence-electron chi connectivity index (χ0n) is 7.84. The molecule has 0 bridgehead atoms. The standard InChI is InChI=1S/C5H9N3O4.3Ac/c6-8-7-5-4(11)3(10)2(9)1-12-5;;;/h2-5,9-11H,1H2;;;. The first kappa shape index (κ1) is 23.6. The molecule has 0 aliphatic carbocycles. The van der Waals surface area contributed by atoms with Crippen molar-refractivity contribution in [1.29, 1.82) is 0 Å². The zero-order chi connectivity index (χ0) is 9.14. The van der Waals surface area contributed by atoms with E-state index in [2.05, 4.69) is 10.0 Å². The van der Waals surface area contributed by atoms with E-state index in [4.69, 9.17) is 25.6 Å². The predicted octanol–water partition coefficient (Wildman–Crippen LogP) is -1.26. The second-order valence-corrected chi connectivity index (χ2v) is 2.48. The molecule has 15 heavy (non-hydrogen) atoms. The molecule has 1 aliphatic heterocycles. The van der Waals surface area contributed by atoms with Crippen molar-refractivity contribution in [3.8, 4) is 0 Å². The van der Waals surface area contributed by atoms with Crippen LogP contribution in [0.5, 0.6) is 0 Å². The molecule has 4 atom stereocenters. The molecule has 0 spiro atoms. The van der Waals surface area contributed by atoms with Gasteiger partial charge in [0.15, 0.2) is 6.23 Å². The molecular weight excluding hydrogens is 847 g/mol. The SMILES string of the molecule is [Ac].[Ac].[Ac].[N-]=[N+]=NC1OCC(O)C(O)C1O. The van der Waals surface area contributed by atoms with Gasteiger partial charge >= 0.3 is 0 Å². The van der Waals surface area contributed by atoms with Crippen molar-refractivity contribution in [3.63, 3.8) is 0 Å². The van der Waals surface area contributed by atoms with Gasteiger partial charge in [-0.2, -0.15) is 0 Å². The molecule has 0 aromatic rings. The molecule has 3 radical (unpaired) electrons. The van der Waals surface area contributed by atoms with Crippen LogP contribution in [-0.4, -0.2) is 46.5 Å². The quantitative estimate of drug-likeness (QED) is 0.174. The molecule has 1 fully saturated rings. The third-order valence-electron chi connectivity index (χ3n) is 1.64. The van der Waals surface area contributed by atoms with Gasteiger partial charge in [0.2, 0.25) is 0 Å². The van der Waals surface area contributed by atoms with Crippen LogP contribution in [0.25, 0.3) is 10.4 Å². The third-order valence-corrected chi connectivity index (χ3v) is 1.64. The molecule has 0 aromatic heterocycles. The van der Waals surface area contributed by atoms with Gasteiger partial charge in [-0.25, -0.2) is 0 Å². The number of hydrogen-bond donors (Lipinski definition) is 3. The van der Waals surface area contributed by atoms with E-state index in [1.165, 1.54) is 0 Å². The summed E-state index contributed by atoms with van der Waals surface area (Å²) in [6, 6.07) is 0. The first-order valence-corrected chi connectivity index (χ1v) is 3.37. The Balaban J connectivity index is -0.000000480. The van der Waals surface area contributed by atoms with E-state index >= 15 is 0 Å². The van der Waals surface area contributed by atoms with Gasteiger partial charge in [0.25, 0.3) is 0 Å². The van der Waals surface area contributed by atoms with E-state index < -0.39 is 24.5 Å². The van der Waals surface area contributed by atoms with E-state index in [0.29, 0.717) is 0 Å². The van der Waals surface area contributed by atoms with Gasteiger partial charge in [0.1, 0.15) is 18.3 Å². The van der Waals surface area contributed by atoms with Crippen molar-refractivity contribution in [1.82, 2.24) is 0 Å². The van der Waals surface area contributed by atoms with Crippen LogP contribution in [0.4, 0.5) is 0 Å². The number of hydrogen-bond acceptors (Lipinski definition) is 5. The van der Waals surface area contributed by atoms with Crippen LogP contribution in [0.1, 0.15) is 0 Å². The summed E-state index contributed by atoms with van der Waals surface area (Å²) in [7, 11) is 0. The second-order valence-electron chi connectivity index (χ2n) is 2.48. The first-order chi connectivity index (χ1) is 5.66. The van der Waals surface area contributed by atoms with Gasteiger partial charge < -0.3 is 20.1 Å². The van der Waals surface area contributed by atoms with E-state index in [9.17, 15) is 0 Å². The van der Waals surface area contributed by atoms with Crippen molar-refractivity contribution in [2.75, 3.05) is 6.61 Å². The van der Waals surface area contributed by atoms with Gasteiger partial charge in [0.05, 0.1) is 6.61 Å². The predicted molar refractivity (Wildman–Crippen MR) is 36.9 cm³/mol. The molecule has 77 valence electrons. The van der Waals surface area contributed by atoms with Gasteiger partial charge in [-0.15, -0.1) is 0 Å². The summed E-state index contributed by atoms with van der Waals surface area (Å²) in [6.45, 7) is -0.151. The minimum Gasteiger partial charge on any atom is -0.388 e. The molecule has 1 saturated heterocycles. The summed E-state index contributed by atoms with van der Waals surface area (Å²) >= 11 is 0. The molecule has 3 N–H and O–H groups in total. The number of aliphatic hydroxyl groups excluding tert-OH is 3. The van der Waals surface area contributed by atoms with Crippen molar-refractivity contribution >= 4 is 0 Å². The molecule has 1 aliphatic rings. The molecule has 0 amide bonds. The summed E-state index contributed by atoms with van der Waals surface area (Å²) in [6.07, 6.45) is -4.95. The minimum atomic E-state index is -1.37. The molecular formula is C5H9Ac3N3O4. The van der Waals surface area contributed by atoms with E-state index in [-0.39, 0.29) is 139 Å². The average Bonchev–Trinajstić information content (AvgIpc) is 2.07. The maximum Gasteiger partial charge on any atom is 0.165 e. The first-order valence-electron chi connectivity index (χ1n) is 3.37. The van der Waals surface area contributed by atoms with E-state index in [0.717, 1.165) is 0 Å². The number of azide groups is 1. The van der Waals surface area contributed by atoms with Gasteiger partial charge in [-0.05, 0) is 5.53 Å². The Morgan fingerprint density at radius 1 is 1.13 bits per heavy atom. The zero-order valence-corrected chi connectivity index (χ0v) is 22.1. The van der Waals surface area contributed by atoms with E-state index in [1.807, 2.05) is 0 Å². The second kappa shape index (κ2) is 12.5. The Hall–Kier alpha value is 3.47. The monoisotopic (exact) mass is 856 g/mol. The van der Waals surface area contributed by atoms with Crippen LogP contribution in [-0.2, 0) is 4.74 Å². The summed E-state index contributed by atoms with van der Waals surface area (Å²) in [5, 5.41) is 30.3. The summed E-state index contributed by atoms with van der Waals surface area (Å²) in [5.41, 5.74) is 8.01. The Labute approximate surface area is 194 Å². The van der Waals surface area contributed by atoms with Crippen molar-refractivity contribution in [2.24, 2.45) is 5.11 Å². The summed E-state index contributed by atoms with van der Waals surface area (Å²) in [5.74, 6) is 0. The van der Waals surface area contributed by atoms with Crippen molar-refractivity contribution in [3.05, 3.63) is 10.4 Å². The Kier molecular flexibility index (Phi) is 19.6. The normalized spacial score (nSPS) is 33.5. The molecule has 0 saturated carbocycles. The number of ether oxygens (including phenoxy) is 1. The smallest absolute Gasteiger partial charge is 0.165 e. The van der Waals surface area contributed by atoms with Gasteiger partial charge in [-0.3, -0.25) is 0 Å². The van der Waals surface area contributed by atoms with Crippen LogP contribution in [0, 0.1) is 132 Å². The average molecular weight is 856 g/mol. The van der Waals surface area contributed by atoms with Crippen LogP contribution in [0.2, 0.25) is 0 Å². The maximum atomic E-state index is 9.14.